The maximum atomic E-state index is 13.2. The molecule has 1 aliphatic heterocycles. The summed E-state index contributed by atoms with van der Waals surface area (Å²) in [6.45, 7) is 0.0190. The normalized spacial score (nSPS) is 22.9. The molecule has 0 amide bonds. The lowest BCUT2D eigenvalue weighted by atomic mass is 10.3. The molecule has 1 heterocycles. The SMILES string of the molecule is O=C(Oc1ccc(F)cc1F)OC1CCOS(O)(O)C1. The fourth-order valence-corrected chi connectivity index (χ4v) is 2.77. The van der Waals surface area contributed by atoms with Crippen LogP contribution in [0.5, 0.6) is 5.75 Å². The van der Waals surface area contributed by atoms with E-state index in [9.17, 15) is 22.7 Å². The second-order valence-electron chi connectivity index (χ2n) is 4.05. The van der Waals surface area contributed by atoms with Crippen molar-refractivity contribution in [1.29, 1.82) is 0 Å². The maximum absolute atomic E-state index is 13.2. The molecule has 2 N–H and O–H groups in total. The zero-order valence-corrected chi connectivity index (χ0v) is 10.9. The van der Waals surface area contributed by atoms with Gasteiger partial charge < -0.3 is 18.6 Å². The molecule has 0 aromatic heterocycles. The van der Waals surface area contributed by atoms with Crippen molar-refractivity contribution in [3.05, 3.63) is 29.8 Å². The molecule has 1 aliphatic rings. The summed E-state index contributed by atoms with van der Waals surface area (Å²) in [6, 6.07) is 2.44. The molecule has 6 nitrogen and oxygen atoms in total. The number of ether oxygens (including phenoxy) is 2. The zero-order valence-electron chi connectivity index (χ0n) is 10.1. The van der Waals surface area contributed by atoms with E-state index in [0.717, 1.165) is 12.1 Å². The lowest BCUT2D eigenvalue weighted by Crippen LogP contribution is -2.32. The molecule has 20 heavy (non-hydrogen) atoms. The number of carbonyl (C=O) groups is 1. The van der Waals surface area contributed by atoms with Crippen LogP contribution in [0.15, 0.2) is 18.2 Å². The van der Waals surface area contributed by atoms with Gasteiger partial charge in [-0.1, -0.05) is 0 Å². The fraction of sp³-hybridized carbons (Fsp3) is 0.364. The van der Waals surface area contributed by atoms with E-state index in [2.05, 4.69) is 8.92 Å². The van der Waals surface area contributed by atoms with E-state index < -0.39 is 40.5 Å². The molecular formula is C11H12F2O6S. The molecule has 112 valence electrons. The van der Waals surface area contributed by atoms with Crippen molar-refractivity contribution in [3.8, 4) is 5.75 Å². The van der Waals surface area contributed by atoms with Gasteiger partial charge in [0.2, 0.25) is 0 Å². The second-order valence-corrected chi connectivity index (χ2v) is 5.83. The minimum atomic E-state index is -3.22. The monoisotopic (exact) mass is 310 g/mol. The Hall–Kier alpha value is -1.42. The molecule has 1 aromatic carbocycles. The quantitative estimate of drug-likeness (QED) is 0.645. The molecule has 9 heteroatoms. The topological polar surface area (TPSA) is 85.2 Å². The Morgan fingerprint density at radius 3 is 2.80 bits per heavy atom. The number of halogens is 2. The largest absolute Gasteiger partial charge is 0.514 e. The number of benzene rings is 1. The van der Waals surface area contributed by atoms with E-state index >= 15 is 0 Å². The molecule has 0 saturated carbocycles. The summed E-state index contributed by atoms with van der Waals surface area (Å²) in [5.41, 5.74) is 0. The van der Waals surface area contributed by atoms with Gasteiger partial charge in [-0.25, -0.2) is 13.6 Å². The van der Waals surface area contributed by atoms with Crippen LogP contribution in [-0.2, 0) is 8.92 Å². The second kappa shape index (κ2) is 5.92. The Kier molecular flexibility index (Phi) is 4.43. The third-order valence-corrected chi connectivity index (χ3v) is 3.82. The van der Waals surface area contributed by atoms with Crippen molar-refractivity contribution in [2.75, 3.05) is 12.4 Å². The Labute approximate surface area is 114 Å². The standard InChI is InChI=1S/C11H12F2O6S/c12-7-1-2-10(9(13)5-7)19-11(14)18-8-3-4-17-20(15,16)6-8/h1-2,5,8,15-16H,3-4,6H2. The van der Waals surface area contributed by atoms with Crippen molar-refractivity contribution in [3.63, 3.8) is 0 Å². The molecule has 1 unspecified atom stereocenters. The molecule has 0 bridgehead atoms. The van der Waals surface area contributed by atoms with Crippen molar-refractivity contribution in [1.82, 2.24) is 0 Å². The smallest absolute Gasteiger partial charge is 0.429 e. The maximum Gasteiger partial charge on any atom is 0.514 e. The highest BCUT2D eigenvalue weighted by atomic mass is 32.3. The van der Waals surface area contributed by atoms with E-state index in [-0.39, 0.29) is 18.8 Å². The van der Waals surface area contributed by atoms with Crippen LogP contribution < -0.4 is 4.74 Å². The summed E-state index contributed by atoms with van der Waals surface area (Å²) in [7, 11) is -3.22. The van der Waals surface area contributed by atoms with Gasteiger partial charge in [-0.2, -0.15) is 0 Å². The molecule has 1 saturated heterocycles. The lowest BCUT2D eigenvalue weighted by Gasteiger charge is -2.34. The lowest BCUT2D eigenvalue weighted by molar-refractivity contribution is 0.0457. The Balaban J connectivity index is 1.92. The minimum Gasteiger partial charge on any atom is -0.429 e. The fourth-order valence-electron chi connectivity index (χ4n) is 1.59. The summed E-state index contributed by atoms with van der Waals surface area (Å²) in [6.07, 6.45) is -1.75. The van der Waals surface area contributed by atoms with Crippen LogP contribution in [-0.4, -0.2) is 33.7 Å². The number of carbonyl (C=O) groups excluding carboxylic acids is 1. The molecule has 2 rings (SSSR count). The average Bonchev–Trinajstić information content (AvgIpc) is 2.31. The van der Waals surface area contributed by atoms with Gasteiger partial charge in [-0.05, 0) is 12.1 Å². The summed E-state index contributed by atoms with van der Waals surface area (Å²) >= 11 is 0. The average molecular weight is 310 g/mol. The minimum absolute atomic E-state index is 0.0190. The first-order chi connectivity index (χ1) is 9.35. The van der Waals surface area contributed by atoms with Crippen LogP contribution in [0.4, 0.5) is 13.6 Å². The van der Waals surface area contributed by atoms with Crippen LogP contribution in [0.2, 0.25) is 0 Å². The van der Waals surface area contributed by atoms with E-state index in [1.807, 2.05) is 0 Å². The van der Waals surface area contributed by atoms with E-state index in [1.54, 1.807) is 0 Å². The molecule has 1 aromatic rings. The first kappa shape index (κ1) is 15.0. The van der Waals surface area contributed by atoms with Crippen LogP contribution in [0, 0.1) is 11.6 Å². The van der Waals surface area contributed by atoms with Gasteiger partial charge in [0.15, 0.2) is 11.6 Å². The van der Waals surface area contributed by atoms with E-state index in [4.69, 9.17) is 4.74 Å². The highest BCUT2D eigenvalue weighted by Gasteiger charge is 2.32. The molecule has 0 radical (unpaired) electrons. The summed E-state index contributed by atoms with van der Waals surface area (Å²) in [4.78, 5) is 11.4. The first-order valence-corrected chi connectivity index (χ1v) is 7.23. The highest BCUT2D eigenvalue weighted by Crippen LogP contribution is 2.44. The zero-order chi connectivity index (χ0) is 14.8. The van der Waals surface area contributed by atoms with Crippen molar-refractivity contribution < 1.29 is 36.3 Å². The van der Waals surface area contributed by atoms with Gasteiger partial charge in [0.1, 0.15) is 11.9 Å². The van der Waals surface area contributed by atoms with Crippen LogP contribution in [0.25, 0.3) is 0 Å². The molecule has 0 aliphatic carbocycles. The molecular weight excluding hydrogens is 298 g/mol. The van der Waals surface area contributed by atoms with E-state index in [1.165, 1.54) is 0 Å². The first-order valence-electron chi connectivity index (χ1n) is 5.59. The number of rotatable bonds is 2. The van der Waals surface area contributed by atoms with Crippen LogP contribution in [0.1, 0.15) is 6.42 Å². The number of hydrogen-bond acceptors (Lipinski definition) is 6. The van der Waals surface area contributed by atoms with Crippen molar-refractivity contribution >= 4 is 17.0 Å². The van der Waals surface area contributed by atoms with Crippen LogP contribution in [0.3, 0.4) is 0 Å². The number of hydrogen-bond donors (Lipinski definition) is 2. The summed E-state index contributed by atoms with van der Waals surface area (Å²) < 4.78 is 58.6. The van der Waals surface area contributed by atoms with Gasteiger partial charge >= 0.3 is 6.16 Å². The Morgan fingerprint density at radius 2 is 2.15 bits per heavy atom. The summed E-state index contributed by atoms with van der Waals surface area (Å²) in [5.74, 6) is -2.59. The predicted molar refractivity (Wildman–Crippen MR) is 65.5 cm³/mol. The highest BCUT2D eigenvalue weighted by molar-refractivity contribution is 8.20. The third kappa shape index (κ3) is 4.04. The molecule has 1 fully saturated rings. The Bertz CT molecular complexity index is 510. The molecule has 0 spiro atoms. The predicted octanol–water partition coefficient (Wildman–Crippen LogP) is 2.93. The van der Waals surface area contributed by atoms with Gasteiger partial charge in [0.05, 0.1) is 23.2 Å². The van der Waals surface area contributed by atoms with Gasteiger partial charge in [0.25, 0.3) is 0 Å². The van der Waals surface area contributed by atoms with Crippen molar-refractivity contribution in [2.45, 2.75) is 12.5 Å². The molecule has 1 atom stereocenters. The van der Waals surface area contributed by atoms with E-state index in [0.29, 0.717) is 6.07 Å². The van der Waals surface area contributed by atoms with Gasteiger partial charge in [-0.15, -0.1) is 0 Å². The third-order valence-electron chi connectivity index (χ3n) is 2.47. The van der Waals surface area contributed by atoms with Crippen LogP contribution >= 0.6 is 10.9 Å². The van der Waals surface area contributed by atoms with Gasteiger partial charge in [0, 0.05) is 12.5 Å². The summed E-state index contributed by atoms with van der Waals surface area (Å²) in [5, 5.41) is 0. The Morgan fingerprint density at radius 1 is 1.40 bits per heavy atom. The van der Waals surface area contributed by atoms with Gasteiger partial charge in [-0.3, -0.25) is 4.18 Å². The van der Waals surface area contributed by atoms with Crippen molar-refractivity contribution in [2.24, 2.45) is 0 Å².